The maximum Gasteiger partial charge on any atom is 4.00 e. The van der Waals surface area contributed by atoms with Gasteiger partial charge in [0.15, 0.2) is 0 Å². The van der Waals surface area contributed by atoms with E-state index in [4.69, 9.17) is 0 Å². The summed E-state index contributed by atoms with van der Waals surface area (Å²) in [4.78, 5) is 0. The van der Waals surface area contributed by atoms with Gasteiger partial charge in [-0.2, -0.15) is 24.3 Å². The van der Waals surface area contributed by atoms with Crippen LogP contribution in [0.3, 0.4) is 0 Å². The van der Waals surface area contributed by atoms with Crippen LogP contribution in [0.2, 0.25) is 37.3 Å². The van der Waals surface area contributed by atoms with E-state index in [1.54, 1.807) is 37.3 Å². The number of hydrogen-bond donors (Lipinski definition) is 0. The summed E-state index contributed by atoms with van der Waals surface area (Å²) in [5.74, 6) is 0. The summed E-state index contributed by atoms with van der Waals surface area (Å²) in [5.41, 5.74) is 15.8. The van der Waals surface area contributed by atoms with Crippen molar-refractivity contribution in [3.63, 3.8) is 0 Å². The van der Waals surface area contributed by atoms with Gasteiger partial charge in [0.2, 0.25) is 0 Å². The van der Waals surface area contributed by atoms with Gasteiger partial charge in [0, 0.05) is 39.5 Å². The van der Waals surface area contributed by atoms with E-state index >= 15 is 0 Å². The molecule has 0 bridgehead atoms. The molecule has 12 aromatic carbocycles. The minimum absolute atomic E-state index is 0. The predicted octanol–water partition coefficient (Wildman–Crippen LogP) is 21.4. The summed E-state index contributed by atoms with van der Waals surface area (Å²) in [7, 11) is 8.56. The summed E-state index contributed by atoms with van der Waals surface area (Å²) >= 11 is 0. The van der Waals surface area contributed by atoms with Crippen molar-refractivity contribution in [2.45, 2.75) is 65.0 Å². The van der Waals surface area contributed by atoms with Gasteiger partial charge in [-0.1, -0.05) is 233 Å². The van der Waals surface area contributed by atoms with Gasteiger partial charge in [0.05, 0.1) is 0 Å². The molecule has 0 spiro atoms. The van der Waals surface area contributed by atoms with Gasteiger partial charge in [-0.25, -0.2) is 0 Å². The third-order valence-electron chi connectivity index (χ3n) is 12.9. The molecular weight excluding hydrogens is 1360 g/mol. The van der Waals surface area contributed by atoms with E-state index in [0.717, 1.165) is 0 Å². The molecular formula is C74H78Hf2Si4. The van der Waals surface area contributed by atoms with Crippen molar-refractivity contribution in [2.24, 2.45) is 0 Å². The Kier molecular flexibility index (Phi) is 35.0. The first-order chi connectivity index (χ1) is 36.4. The van der Waals surface area contributed by atoms with E-state index < -0.39 is 0 Å². The summed E-state index contributed by atoms with van der Waals surface area (Å²) in [6, 6.07) is 92.4. The van der Waals surface area contributed by atoms with Gasteiger partial charge in [-0.15, -0.1) is 138 Å². The Morgan fingerprint density at radius 2 is 0.463 bits per heavy atom. The van der Waals surface area contributed by atoms with Crippen molar-refractivity contribution < 1.29 is 51.7 Å². The molecule has 1 aliphatic rings. The molecule has 13 rings (SSSR count). The molecule has 1 heterocycles. The number of rotatable bonds is 4. The van der Waals surface area contributed by atoms with Crippen LogP contribution in [0.25, 0.3) is 87.6 Å². The molecule has 80 heavy (non-hydrogen) atoms. The van der Waals surface area contributed by atoms with E-state index in [2.05, 4.69) is 291 Å². The third kappa shape index (κ3) is 20.1. The van der Waals surface area contributed by atoms with Crippen LogP contribution in [-0.2, 0) is 51.7 Å². The molecule has 0 nitrogen and oxygen atoms in total. The molecule has 0 aliphatic carbocycles. The molecule has 12 aromatic rings. The maximum atomic E-state index is 2.97. The summed E-state index contributed by atoms with van der Waals surface area (Å²) in [5, 5.41) is 10.7. The average molecular weight is 1440 g/mol. The fourth-order valence-electron chi connectivity index (χ4n) is 9.62. The second-order valence-electron chi connectivity index (χ2n) is 18.3. The van der Waals surface area contributed by atoms with Crippen molar-refractivity contribution in [3.05, 3.63) is 295 Å². The number of fused-ring (bicyclic) bond motifs is 4. The minimum atomic E-state index is 0. The Morgan fingerprint density at radius 3 is 0.637 bits per heavy atom. The van der Waals surface area contributed by atoms with Gasteiger partial charge >= 0.3 is 51.7 Å². The van der Waals surface area contributed by atoms with Crippen LogP contribution in [0.4, 0.5) is 0 Å². The largest absolute Gasteiger partial charge is 4.00 e. The van der Waals surface area contributed by atoms with Gasteiger partial charge in [-0.05, 0) is 22.3 Å². The Bertz CT molecular complexity index is 3050. The van der Waals surface area contributed by atoms with Crippen molar-refractivity contribution >= 4 is 82.6 Å². The fourth-order valence-corrected chi connectivity index (χ4v) is 12.9. The van der Waals surface area contributed by atoms with Crippen molar-refractivity contribution in [2.75, 3.05) is 0 Å². The van der Waals surface area contributed by atoms with Crippen molar-refractivity contribution in [3.8, 4) is 44.5 Å². The number of benzene rings is 8. The van der Waals surface area contributed by atoms with Gasteiger partial charge in [-0.3, -0.25) is 0 Å². The van der Waals surface area contributed by atoms with E-state index in [1.165, 1.54) is 129 Å². The Labute approximate surface area is 533 Å². The topological polar surface area (TPSA) is 0 Å². The third-order valence-corrected chi connectivity index (χ3v) is 16.3. The van der Waals surface area contributed by atoms with Gasteiger partial charge < -0.3 is 29.7 Å². The summed E-state index contributed by atoms with van der Waals surface area (Å²) < 4.78 is 0. The fraction of sp³-hybridized carbons (Fsp3) is 0.135. The van der Waals surface area contributed by atoms with E-state index in [0.29, 0.717) is 0 Å². The Hall–Kier alpha value is -5.19. The van der Waals surface area contributed by atoms with Crippen LogP contribution in [0.1, 0.15) is 22.3 Å². The quantitative estimate of drug-likeness (QED) is 0.122. The first-order valence-corrected chi connectivity index (χ1v) is 30.5. The van der Waals surface area contributed by atoms with E-state index in [1.807, 2.05) is 0 Å². The van der Waals surface area contributed by atoms with Crippen molar-refractivity contribution in [1.82, 2.24) is 0 Å². The van der Waals surface area contributed by atoms with Crippen LogP contribution >= 0.6 is 0 Å². The zero-order valence-electron chi connectivity index (χ0n) is 48.9. The maximum absolute atomic E-state index is 2.97. The molecule has 1 saturated heterocycles. The number of aryl methyl sites for hydroxylation is 4. The second kappa shape index (κ2) is 38.5. The molecule has 398 valence electrons. The van der Waals surface area contributed by atoms with Crippen molar-refractivity contribution in [1.29, 1.82) is 0 Å². The Morgan fingerprint density at radius 1 is 0.275 bits per heavy atom. The molecule has 0 amide bonds. The van der Waals surface area contributed by atoms with Crippen LogP contribution in [-0.4, -0.2) is 39.5 Å². The summed E-state index contributed by atoms with van der Waals surface area (Å²) in [6.07, 6.45) is 0. The molecule has 0 unspecified atom stereocenters. The van der Waals surface area contributed by atoms with Crippen LogP contribution < -0.4 is 0 Å². The molecule has 0 aromatic heterocycles. The van der Waals surface area contributed by atoms with Gasteiger partial charge in [0.25, 0.3) is 0 Å². The SMILES string of the molecule is C1C[Si]CC[Si]1.C[Si].C[Si].Cc1cc2c(-c3ccccc3)cccc2[cH-]1.Cc1cc2c(-c3ccccc3)cccc2[cH-]1.Cc1cc2c(-c3ccccc3)cccc2[cH-]1.Cc1cc2c(-c3ccccc3)cccc2[cH-]1.[CH3-].[CH3-].[CH3-].[CH3-].[Hf+4].[Hf+4]. The molecule has 1 aliphatic heterocycles. The standard InChI is InChI=1S/4C16H13.C4H8Si2.2CH3Si.4CH3.2Hf/c4*1-12-10-14-8-5-9-15(16(14)11-12)13-6-3-2-4-7-13;1-2-6-4-3-5-1;2*1-2;;;;;;/h4*2-11H,1H3;1-4H2;2*1H3;4*1H3;;/q4*-1;;;;4*-1;2*+4. The molecule has 1 fully saturated rings. The van der Waals surface area contributed by atoms with Gasteiger partial charge in [0.1, 0.15) is 0 Å². The molecule has 6 heteroatoms. The summed E-state index contributed by atoms with van der Waals surface area (Å²) in [6.45, 7) is 12.2. The minimum Gasteiger partial charge on any atom is -0.358 e. The average Bonchev–Trinajstić information content (AvgIpc) is 4.26. The Balaban J connectivity index is 0.000000493. The van der Waals surface area contributed by atoms with E-state index in [9.17, 15) is 0 Å². The predicted molar refractivity (Wildman–Crippen MR) is 358 cm³/mol. The normalized spacial score (nSPS) is 10.6. The van der Waals surface area contributed by atoms with Crippen LogP contribution in [0.15, 0.2) is 243 Å². The smallest absolute Gasteiger partial charge is 0.358 e. The zero-order chi connectivity index (χ0) is 52.1. The first-order valence-electron chi connectivity index (χ1n) is 25.7. The van der Waals surface area contributed by atoms with E-state index in [-0.39, 0.29) is 81.4 Å². The monoisotopic (exact) mass is 1440 g/mol. The van der Waals surface area contributed by atoms with Crippen LogP contribution in [0, 0.1) is 57.4 Å². The van der Waals surface area contributed by atoms with Crippen LogP contribution in [0.5, 0.6) is 0 Å². The first kappa shape index (κ1) is 72.8. The molecule has 0 atom stereocenters. The zero-order valence-corrected chi connectivity index (χ0v) is 60.1. The number of hydrogen-bond acceptors (Lipinski definition) is 0. The second-order valence-corrected chi connectivity index (χ2v) is 21.3. The molecule has 0 N–H and O–H groups in total. The molecule has 10 radical (unpaired) electrons. The molecule has 0 saturated carbocycles.